The van der Waals surface area contributed by atoms with Gasteiger partial charge in [0.2, 0.25) is 0 Å². The molecule has 0 bridgehead atoms. The van der Waals surface area contributed by atoms with Gasteiger partial charge in [0.15, 0.2) is 0 Å². The standard InChI is InChI=1S/C16H26N2/c1-3-15(4-2)18-12-8-11-17-16(13-18)14-9-6-5-7-10-14/h5-7,9-10,15-17H,3-4,8,11-13H2,1-2H3. The number of nitrogens with one attached hydrogen (secondary N) is 1. The zero-order valence-electron chi connectivity index (χ0n) is 11.7. The predicted molar refractivity (Wildman–Crippen MR) is 77.7 cm³/mol. The number of hydrogen-bond acceptors (Lipinski definition) is 2. The highest BCUT2D eigenvalue weighted by molar-refractivity contribution is 5.19. The van der Waals surface area contributed by atoms with E-state index in [1.54, 1.807) is 0 Å². The van der Waals surface area contributed by atoms with Crippen LogP contribution in [0.3, 0.4) is 0 Å². The predicted octanol–water partition coefficient (Wildman–Crippen LogP) is 3.21. The van der Waals surface area contributed by atoms with Crippen LogP contribution < -0.4 is 5.32 Å². The Hall–Kier alpha value is -0.860. The maximum atomic E-state index is 3.69. The van der Waals surface area contributed by atoms with E-state index in [-0.39, 0.29) is 0 Å². The van der Waals surface area contributed by atoms with Gasteiger partial charge < -0.3 is 5.32 Å². The van der Waals surface area contributed by atoms with Gasteiger partial charge in [-0.2, -0.15) is 0 Å². The lowest BCUT2D eigenvalue weighted by Crippen LogP contribution is -2.38. The third kappa shape index (κ3) is 3.33. The number of benzene rings is 1. The van der Waals surface area contributed by atoms with E-state index in [0.717, 1.165) is 19.1 Å². The molecule has 1 N–H and O–H groups in total. The van der Waals surface area contributed by atoms with Gasteiger partial charge in [0.1, 0.15) is 0 Å². The van der Waals surface area contributed by atoms with E-state index in [0.29, 0.717) is 6.04 Å². The molecule has 0 aromatic heterocycles. The highest BCUT2D eigenvalue weighted by atomic mass is 15.2. The minimum absolute atomic E-state index is 0.495. The van der Waals surface area contributed by atoms with Crippen LogP contribution in [0.5, 0.6) is 0 Å². The quantitative estimate of drug-likeness (QED) is 0.877. The summed E-state index contributed by atoms with van der Waals surface area (Å²) in [5, 5.41) is 3.69. The third-order valence-corrected chi connectivity index (χ3v) is 4.09. The molecule has 1 heterocycles. The minimum Gasteiger partial charge on any atom is -0.309 e. The molecule has 2 rings (SSSR count). The van der Waals surface area contributed by atoms with Crippen LogP contribution in [0, 0.1) is 0 Å². The second-order valence-corrected chi connectivity index (χ2v) is 5.24. The first kappa shape index (κ1) is 13.6. The first-order valence-corrected chi connectivity index (χ1v) is 7.37. The topological polar surface area (TPSA) is 15.3 Å². The lowest BCUT2D eigenvalue weighted by molar-refractivity contribution is 0.183. The number of nitrogens with zero attached hydrogens (tertiary/aromatic N) is 1. The van der Waals surface area contributed by atoms with Crippen molar-refractivity contribution in [3.8, 4) is 0 Å². The van der Waals surface area contributed by atoms with E-state index >= 15 is 0 Å². The van der Waals surface area contributed by atoms with Gasteiger partial charge in [-0.3, -0.25) is 4.90 Å². The van der Waals surface area contributed by atoms with E-state index in [2.05, 4.69) is 54.4 Å². The molecule has 1 aliphatic heterocycles. The van der Waals surface area contributed by atoms with Gasteiger partial charge in [0.05, 0.1) is 0 Å². The summed E-state index contributed by atoms with van der Waals surface area (Å²) in [5.41, 5.74) is 1.43. The summed E-state index contributed by atoms with van der Waals surface area (Å²) in [6.45, 7) is 8.14. The van der Waals surface area contributed by atoms with Crippen LogP contribution in [0.25, 0.3) is 0 Å². The fourth-order valence-corrected chi connectivity index (χ4v) is 2.99. The molecule has 1 atom stereocenters. The molecule has 1 fully saturated rings. The Morgan fingerprint density at radius 3 is 2.61 bits per heavy atom. The molecule has 1 unspecified atom stereocenters. The van der Waals surface area contributed by atoms with Gasteiger partial charge >= 0.3 is 0 Å². The van der Waals surface area contributed by atoms with Crippen molar-refractivity contribution in [2.45, 2.75) is 45.2 Å². The highest BCUT2D eigenvalue weighted by Gasteiger charge is 2.22. The normalized spacial score (nSPS) is 22.1. The van der Waals surface area contributed by atoms with Gasteiger partial charge in [-0.1, -0.05) is 44.2 Å². The largest absolute Gasteiger partial charge is 0.309 e. The molecule has 1 aromatic rings. The van der Waals surface area contributed by atoms with E-state index in [9.17, 15) is 0 Å². The molecule has 1 aromatic carbocycles. The lowest BCUT2D eigenvalue weighted by Gasteiger charge is -2.31. The Morgan fingerprint density at radius 1 is 1.22 bits per heavy atom. The summed E-state index contributed by atoms with van der Waals surface area (Å²) in [4.78, 5) is 2.68. The van der Waals surface area contributed by atoms with Gasteiger partial charge in [0.25, 0.3) is 0 Å². The summed E-state index contributed by atoms with van der Waals surface area (Å²) >= 11 is 0. The molecule has 0 saturated carbocycles. The van der Waals surface area contributed by atoms with Crippen molar-refractivity contribution in [2.24, 2.45) is 0 Å². The van der Waals surface area contributed by atoms with Crippen molar-refractivity contribution in [1.82, 2.24) is 10.2 Å². The Morgan fingerprint density at radius 2 is 1.94 bits per heavy atom. The molecule has 100 valence electrons. The smallest absolute Gasteiger partial charge is 0.0449 e. The third-order valence-electron chi connectivity index (χ3n) is 4.09. The van der Waals surface area contributed by atoms with Gasteiger partial charge in [-0.05, 0) is 37.9 Å². The molecule has 1 saturated heterocycles. The second-order valence-electron chi connectivity index (χ2n) is 5.24. The summed E-state index contributed by atoms with van der Waals surface area (Å²) in [6.07, 6.45) is 3.79. The molecule has 0 amide bonds. The molecule has 18 heavy (non-hydrogen) atoms. The molecule has 0 spiro atoms. The molecule has 2 heteroatoms. The highest BCUT2D eigenvalue weighted by Crippen LogP contribution is 2.20. The molecule has 0 aliphatic carbocycles. The van der Waals surface area contributed by atoms with Crippen LogP contribution in [0.15, 0.2) is 30.3 Å². The van der Waals surface area contributed by atoms with Crippen LogP contribution in [0.4, 0.5) is 0 Å². The summed E-state index contributed by atoms with van der Waals surface area (Å²) in [5.74, 6) is 0. The average molecular weight is 246 g/mol. The molecule has 2 nitrogen and oxygen atoms in total. The van der Waals surface area contributed by atoms with E-state index in [4.69, 9.17) is 0 Å². The Labute approximate surface area is 111 Å². The SMILES string of the molecule is CCC(CC)N1CCCNC(c2ccccc2)C1. The van der Waals surface area contributed by atoms with Crippen LogP contribution in [-0.4, -0.2) is 30.6 Å². The molecule has 1 aliphatic rings. The fraction of sp³-hybridized carbons (Fsp3) is 0.625. The number of hydrogen-bond donors (Lipinski definition) is 1. The first-order valence-electron chi connectivity index (χ1n) is 7.37. The maximum Gasteiger partial charge on any atom is 0.0449 e. The van der Waals surface area contributed by atoms with Crippen molar-refractivity contribution in [1.29, 1.82) is 0 Å². The molecule has 0 radical (unpaired) electrons. The van der Waals surface area contributed by atoms with Crippen LogP contribution >= 0.6 is 0 Å². The van der Waals surface area contributed by atoms with Crippen LogP contribution in [-0.2, 0) is 0 Å². The maximum absolute atomic E-state index is 3.69. The van der Waals surface area contributed by atoms with Crippen LogP contribution in [0.1, 0.15) is 44.7 Å². The summed E-state index contributed by atoms with van der Waals surface area (Å²) in [6, 6.07) is 12.1. The fourth-order valence-electron chi connectivity index (χ4n) is 2.99. The zero-order valence-corrected chi connectivity index (χ0v) is 11.7. The number of rotatable bonds is 4. The first-order chi connectivity index (χ1) is 8.85. The van der Waals surface area contributed by atoms with Crippen molar-refractivity contribution >= 4 is 0 Å². The van der Waals surface area contributed by atoms with Crippen molar-refractivity contribution in [2.75, 3.05) is 19.6 Å². The van der Waals surface area contributed by atoms with E-state index in [1.165, 1.54) is 31.4 Å². The van der Waals surface area contributed by atoms with Gasteiger partial charge in [-0.25, -0.2) is 0 Å². The minimum atomic E-state index is 0.495. The lowest BCUT2D eigenvalue weighted by atomic mass is 10.0. The Balaban J connectivity index is 2.08. The van der Waals surface area contributed by atoms with E-state index in [1.807, 2.05) is 0 Å². The van der Waals surface area contributed by atoms with Gasteiger partial charge in [0, 0.05) is 18.6 Å². The Kier molecular flexibility index (Phi) is 5.21. The van der Waals surface area contributed by atoms with Gasteiger partial charge in [-0.15, -0.1) is 0 Å². The van der Waals surface area contributed by atoms with Crippen molar-refractivity contribution in [3.63, 3.8) is 0 Å². The van der Waals surface area contributed by atoms with Crippen molar-refractivity contribution in [3.05, 3.63) is 35.9 Å². The van der Waals surface area contributed by atoms with Crippen LogP contribution in [0.2, 0.25) is 0 Å². The molecular formula is C16H26N2. The van der Waals surface area contributed by atoms with E-state index < -0.39 is 0 Å². The second kappa shape index (κ2) is 6.91. The monoisotopic (exact) mass is 246 g/mol. The summed E-state index contributed by atoms with van der Waals surface area (Å²) in [7, 11) is 0. The average Bonchev–Trinajstić information content (AvgIpc) is 2.67. The van der Waals surface area contributed by atoms with Crippen molar-refractivity contribution < 1.29 is 0 Å². The molecular weight excluding hydrogens is 220 g/mol. The Bertz CT molecular complexity index is 332. The zero-order chi connectivity index (χ0) is 12.8. The summed E-state index contributed by atoms with van der Waals surface area (Å²) < 4.78 is 0.